The third-order valence-electron chi connectivity index (χ3n) is 6.06. The third-order valence-corrected chi connectivity index (χ3v) is 6.39. The molecule has 1 N–H and O–H groups in total. The first kappa shape index (κ1) is 24.2. The quantitative estimate of drug-likeness (QED) is 0.412. The maximum atomic E-state index is 15.5. The van der Waals surface area contributed by atoms with Crippen LogP contribution < -0.4 is 9.64 Å². The molecule has 2 aromatic heterocycles. The number of rotatable bonds is 5. The number of nitrogens with zero attached hydrogens (tertiary/aromatic N) is 4. The second-order valence-electron chi connectivity index (χ2n) is 8.13. The third kappa shape index (κ3) is 4.32. The summed E-state index contributed by atoms with van der Waals surface area (Å²) in [5, 5.41) is 18.4. The zero-order chi connectivity index (χ0) is 25.4. The van der Waals surface area contributed by atoms with Gasteiger partial charge in [0.15, 0.2) is 5.82 Å². The monoisotopic (exact) mass is 516 g/mol. The van der Waals surface area contributed by atoms with Gasteiger partial charge in [0.05, 0.1) is 31.7 Å². The number of aliphatic hydroxyl groups is 1. The highest BCUT2D eigenvalue weighted by Crippen LogP contribution is 2.39. The van der Waals surface area contributed by atoms with Crippen molar-refractivity contribution in [1.29, 1.82) is 0 Å². The maximum absolute atomic E-state index is 15.5. The van der Waals surface area contributed by atoms with Crippen molar-refractivity contribution in [1.82, 2.24) is 15.2 Å². The van der Waals surface area contributed by atoms with E-state index in [-0.39, 0.29) is 49.9 Å². The molecule has 36 heavy (non-hydrogen) atoms. The van der Waals surface area contributed by atoms with E-state index in [0.29, 0.717) is 26.3 Å². The molecule has 4 aromatic rings. The summed E-state index contributed by atoms with van der Waals surface area (Å²) < 4.78 is 56.3. The highest BCUT2D eigenvalue weighted by atomic mass is 35.5. The van der Waals surface area contributed by atoms with Crippen LogP contribution in [0.1, 0.15) is 17.4 Å². The van der Waals surface area contributed by atoms with Crippen molar-refractivity contribution in [3.63, 3.8) is 0 Å². The number of fused-ring (bicyclic) bond motifs is 1. The van der Waals surface area contributed by atoms with Gasteiger partial charge in [-0.2, -0.15) is 0 Å². The molecule has 7 nitrogen and oxygen atoms in total. The molecule has 1 atom stereocenters. The van der Waals surface area contributed by atoms with Gasteiger partial charge in [-0.05, 0) is 29.8 Å². The molecule has 5 rings (SSSR count). The first-order valence-electron chi connectivity index (χ1n) is 11.0. The van der Waals surface area contributed by atoms with Crippen molar-refractivity contribution >= 4 is 28.2 Å². The number of halogens is 4. The predicted molar refractivity (Wildman–Crippen MR) is 128 cm³/mol. The fraction of sp³-hybridized carbons (Fsp3) is 0.240. The first-order valence-corrected chi connectivity index (χ1v) is 11.4. The van der Waals surface area contributed by atoms with Crippen LogP contribution in [0.2, 0.25) is 5.02 Å². The van der Waals surface area contributed by atoms with Gasteiger partial charge in [0, 0.05) is 53.0 Å². The average molecular weight is 517 g/mol. The molecule has 1 aliphatic heterocycles. The zero-order valence-corrected chi connectivity index (χ0v) is 19.8. The number of hydrogen-bond acceptors (Lipinski definition) is 7. The van der Waals surface area contributed by atoms with Gasteiger partial charge in [0.1, 0.15) is 23.3 Å². The Bertz CT molecular complexity index is 1430. The van der Waals surface area contributed by atoms with Crippen LogP contribution in [0, 0.1) is 17.5 Å². The van der Waals surface area contributed by atoms with E-state index in [1.807, 2.05) is 0 Å². The summed E-state index contributed by atoms with van der Waals surface area (Å²) >= 11 is 6.24. The molecule has 1 aliphatic rings. The molecule has 1 fully saturated rings. The van der Waals surface area contributed by atoms with E-state index in [0.717, 1.165) is 12.1 Å². The van der Waals surface area contributed by atoms with Crippen molar-refractivity contribution < 1.29 is 27.8 Å². The Morgan fingerprint density at radius 1 is 1.03 bits per heavy atom. The molecule has 11 heteroatoms. The SMILES string of the molecule is COc1ccc([C@@H](O)c2cc(-c3ccnc4c(F)c(N5CCOCC5)cc(F)c34)c(F)cc2Cl)nn1. The van der Waals surface area contributed by atoms with Crippen molar-refractivity contribution in [2.24, 2.45) is 0 Å². The van der Waals surface area contributed by atoms with Gasteiger partial charge in [0.2, 0.25) is 5.88 Å². The summed E-state index contributed by atoms with van der Waals surface area (Å²) in [6.45, 7) is 1.60. The molecule has 1 saturated heterocycles. The van der Waals surface area contributed by atoms with E-state index in [4.69, 9.17) is 21.1 Å². The van der Waals surface area contributed by atoms with Crippen LogP contribution in [0.3, 0.4) is 0 Å². The maximum Gasteiger partial charge on any atom is 0.233 e. The number of pyridine rings is 1. The van der Waals surface area contributed by atoms with E-state index in [1.54, 1.807) is 4.90 Å². The molecule has 0 bridgehead atoms. The van der Waals surface area contributed by atoms with Crippen molar-refractivity contribution in [2.75, 3.05) is 38.3 Å². The van der Waals surface area contributed by atoms with Gasteiger partial charge < -0.3 is 19.5 Å². The summed E-state index contributed by atoms with van der Waals surface area (Å²) in [5.41, 5.74) is 0.0730. The smallest absolute Gasteiger partial charge is 0.233 e. The number of hydrogen-bond donors (Lipinski definition) is 1. The standard InChI is InChI=1S/C25H20ClF3N4O3/c1-35-21-3-2-19(31-32-21)25(34)15-10-14(17(27)11-16(15)26)13-4-5-30-24-22(13)18(28)12-20(23(24)29)33-6-8-36-9-7-33/h2-5,10-12,25,34H,6-9H2,1H3/t25-/m0/s1. The fourth-order valence-electron chi connectivity index (χ4n) is 4.23. The molecule has 0 amide bonds. The van der Waals surface area contributed by atoms with E-state index in [1.165, 1.54) is 37.6 Å². The Morgan fingerprint density at radius 3 is 2.50 bits per heavy atom. The van der Waals surface area contributed by atoms with Crippen LogP contribution in [0.5, 0.6) is 5.88 Å². The lowest BCUT2D eigenvalue weighted by molar-refractivity contribution is 0.122. The Hall–Kier alpha value is -3.47. The molecule has 2 aromatic carbocycles. The van der Waals surface area contributed by atoms with E-state index < -0.39 is 23.6 Å². The van der Waals surface area contributed by atoms with E-state index in [2.05, 4.69) is 15.2 Å². The van der Waals surface area contributed by atoms with Gasteiger partial charge in [0.25, 0.3) is 0 Å². The number of methoxy groups -OCH3 is 1. The lowest BCUT2D eigenvalue weighted by Crippen LogP contribution is -2.36. The minimum atomic E-state index is -1.36. The van der Waals surface area contributed by atoms with Crippen molar-refractivity contribution in [3.8, 4) is 17.0 Å². The molecule has 0 spiro atoms. The molecular weight excluding hydrogens is 497 g/mol. The average Bonchev–Trinajstić information content (AvgIpc) is 2.90. The van der Waals surface area contributed by atoms with Gasteiger partial charge in [-0.1, -0.05) is 11.6 Å². The number of anilines is 1. The Morgan fingerprint density at radius 2 is 1.81 bits per heavy atom. The van der Waals surface area contributed by atoms with Crippen LogP contribution in [-0.2, 0) is 4.74 Å². The summed E-state index contributed by atoms with van der Waals surface area (Å²) in [5.74, 6) is -2.00. The largest absolute Gasteiger partial charge is 0.480 e. The zero-order valence-electron chi connectivity index (χ0n) is 19.0. The van der Waals surface area contributed by atoms with Crippen LogP contribution in [-0.4, -0.2) is 53.7 Å². The molecule has 186 valence electrons. The Balaban J connectivity index is 1.63. The summed E-state index contributed by atoms with van der Waals surface area (Å²) in [4.78, 5) is 5.73. The first-order chi connectivity index (χ1) is 17.4. The number of benzene rings is 2. The number of aliphatic hydroxyl groups excluding tert-OH is 1. The lowest BCUT2D eigenvalue weighted by Gasteiger charge is -2.29. The molecule has 0 radical (unpaired) electrons. The van der Waals surface area contributed by atoms with E-state index >= 15 is 13.2 Å². The van der Waals surface area contributed by atoms with Gasteiger partial charge in [-0.3, -0.25) is 4.98 Å². The number of ether oxygens (including phenoxy) is 2. The molecule has 0 aliphatic carbocycles. The Kier molecular flexibility index (Phi) is 6.65. The molecule has 3 heterocycles. The minimum absolute atomic E-state index is 0.0633. The predicted octanol–water partition coefficient (Wildman–Crippen LogP) is 4.69. The van der Waals surface area contributed by atoms with Gasteiger partial charge >= 0.3 is 0 Å². The fourth-order valence-corrected chi connectivity index (χ4v) is 4.49. The normalized spacial score (nSPS) is 14.8. The highest BCUT2D eigenvalue weighted by Gasteiger charge is 2.25. The molecule has 0 saturated carbocycles. The van der Waals surface area contributed by atoms with Gasteiger partial charge in [-0.15, -0.1) is 10.2 Å². The second-order valence-corrected chi connectivity index (χ2v) is 8.54. The van der Waals surface area contributed by atoms with Crippen LogP contribution in [0.15, 0.2) is 42.6 Å². The summed E-state index contributed by atoms with van der Waals surface area (Å²) in [6, 6.07) is 7.76. The topological polar surface area (TPSA) is 80.6 Å². The van der Waals surface area contributed by atoms with Crippen LogP contribution in [0.25, 0.3) is 22.0 Å². The van der Waals surface area contributed by atoms with Crippen molar-refractivity contribution in [3.05, 3.63) is 76.3 Å². The number of aromatic nitrogens is 3. The van der Waals surface area contributed by atoms with Crippen LogP contribution in [0.4, 0.5) is 18.9 Å². The minimum Gasteiger partial charge on any atom is -0.480 e. The van der Waals surface area contributed by atoms with E-state index in [9.17, 15) is 5.11 Å². The summed E-state index contributed by atoms with van der Waals surface area (Å²) in [7, 11) is 1.42. The van der Waals surface area contributed by atoms with Gasteiger partial charge in [-0.25, -0.2) is 13.2 Å². The molecule has 0 unspecified atom stereocenters. The van der Waals surface area contributed by atoms with Crippen LogP contribution >= 0.6 is 11.6 Å². The van der Waals surface area contributed by atoms with Crippen molar-refractivity contribution in [2.45, 2.75) is 6.10 Å². The molecular formula is C25H20ClF3N4O3. The highest BCUT2D eigenvalue weighted by molar-refractivity contribution is 6.31. The summed E-state index contributed by atoms with van der Waals surface area (Å²) in [6.07, 6.45) is -0.0830. The number of morpholine rings is 1. The second kappa shape index (κ2) is 9.88. The Labute approximate surface area is 209 Å². The lowest BCUT2D eigenvalue weighted by atomic mass is 9.95.